The van der Waals surface area contributed by atoms with E-state index < -0.39 is 11.6 Å². The third kappa shape index (κ3) is 3.34. The molecule has 0 unspecified atom stereocenters. The van der Waals surface area contributed by atoms with Crippen LogP contribution >= 0.6 is 0 Å². The molecule has 1 aliphatic rings. The molecule has 0 spiro atoms. The van der Waals surface area contributed by atoms with E-state index >= 15 is 0 Å². The van der Waals surface area contributed by atoms with E-state index in [0.29, 0.717) is 24.0 Å². The molecule has 0 saturated heterocycles. The summed E-state index contributed by atoms with van der Waals surface area (Å²) in [5.41, 5.74) is 0.698. The summed E-state index contributed by atoms with van der Waals surface area (Å²) in [6.07, 6.45) is 1.50. The number of rotatable bonds is 5. The third-order valence-electron chi connectivity index (χ3n) is 3.76. The Morgan fingerprint density at radius 3 is 2.65 bits per heavy atom. The largest absolute Gasteiger partial charge is 0.454 e. The van der Waals surface area contributed by atoms with Gasteiger partial charge in [-0.2, -0.15) is 4.98 Å². The van der Waals surface area contributed by atoms with Crippen LogP contribution in [0.2, 0.25) is 0 Å². The van der Waals surface area contributed by atoms with E-state index in [1.54, 1.807) is 0 Å². The molecule has 0 atom stereocenters. The van der Waals surface area contributed by atoms with Gasteiger partial charge in [0.05, 0.1) is 0 Å². The van der Waals surface area contributed by atoms with Gasteiger partial charge in [0.25, 0.3) is 0 Å². The van der Waals surface area contributed by atoms with Crippen molar-refractivity contribution in [1.82, 2.24) is 9.97 Å². The minimum atomic E-state index is -0.696. The SMILES string of the molecule is Fc1cccc(F)c1Nc1ccnc(NCc2ccc3c(c2)OCO3)n1. The first-order chi connectivity index (χ1) is 12.7. The average molecular weight is 356 g/mol. The van der Waals surface area contributed by atoms with Crippen LogP contribution in [0.5, 0.6) is 11.5 Å². The molecule has 2 aromatic carbocycles. The molecule has 4 rings (SSSR count). The zero-order chi connectivity index (χ0) is 17.9. The van der Waals surface area contributed by atoms with Crippen molar-refractivity contribution in [1.29, 1.82) is 0 Å². The fraction of sp³-hybridized carbons (Fsp3) is 0.111. The molecule has 0 saturated carbocycles. The highest BCUT2D eigenvalue weighted by Crippen LogP contribution is 2.32. The van der Waals surface area contributed by atoms with Crippen LogP contribution < -0.4 is 20.1 Å². The van der Waals surface area contributed by atoms with Gasteiger partial charge in [0, 0.05) is 12.7 Å². The van der Waals surface area contributed by atoms with Crippen LogP contribution in [0.3, 0.4) is 0 Å². The van der Waals surface area contributed by atoms with Crippen LogP contribution in [0.1, 0.15) is 5.56 Å². The minimum Gasteiger partial charge on any atom is -0.454 e. The number of hydrogen-bond donors (Lipinski definition) is 2. The summed E-state index contributed by atoms with van der Waals surface area (Å²) in [6.45, 7) is 0.670. The summed E-state index contributed by atoms with van der Waals surface area (Å²) >= 11 is 0. The van der Waals surface area contributed by atoms with Gasteiger partial charge in [-0.05, 0) is 35.9 Å². The van der Waals surface area contributed by atoms with Gasteiger partial charge >= 0.3 is 0 Å². The minimum absolute atomic E-state index is 0.218. The van der Waals surface area contributed by atoms with Crippen molar-refractivity contribution in [2.75, 3.05) is 17.4 Å². The molecule has 0 aliphatic carbocycles. The number of halogens is 2. The number of ether oxygens (including phenoxy) is 2. The monoisotopic (exact) mass is 356 g/mol. The van der Waals surface area contributed by atoms with Crippen molar-refractivity contribution in [3.05, 3.63) is 65.9 Å². The Bertz CT molecular complexity index is 932. The zero-order valence-electron chi connectivity index (χ0n) is 13.5. The second-order valence-corrected chi connectivity index (χ2v) is 5.53. The predicted molar refractivity (Wildman–Crippen MR) is 91.6 cm³/mol. The van der Waals surface area contributed by atoms with Crippen LogP contribution in [0.15, 0.2) is 48.7 Å². The highest BCUT2D eigenvalue weighted by Gasteiger charge is 2.13. The van der Waals surface area contributed by atoms with Crippen LogP contribution in [0.25, 0.3) is 0 Å². The van der Waals surface area contributed by atoms with E-state index in [1.807, 2.05) is 18.2 Å². The van der Waals surface area contributed by atoms with Crippen molar-refractivity contribution in [3.63, 3.8) is 0 Å². The molecular formula is C18H14F2N4O2. The molecule has 8 heteroatoms. The van der Waals surface area contributed by atoms with Gasteiger partial charge in [-0.1, -0.05) is 12.1 Å². The van der Waals surface area contributed by atoms with Crippen molar-refractivity contribution < 1.29 is 18.3 Å². The highest BCUT2D eigenvalue weighted by molar-refractivity contribution is 5.58. The number of para-hydroxylation sites is 1. The normalized spacial score (nSPS) is 12.1. The summed E-state index contributed by atoms with van der Waals surface area (Å²) < 4.78 is 38.1. The molecular weight excluding hydrogens is 342 g/mol. The Morgan fingerprint density at radius 2 is 1.81 bits per heavy atom. The van der Waals surface area contributed by atoms with E-state index in [4.69, 9.17) is 9.47 Å². The van der Waals surface area contributed by atoms with Gasteiger partial charge in [0.2, 0.25) is 12.7 Å². The first kappa shape index (κ1) is 16.1. The van der Waals surface area contributed by atoms with Crippen molar-refractivity contribution in [2.24, 2.45) is 0 Å². The summed E-state index contributed by atoms with van der Waals surface area (Å²) in [5, 5.41) is 5.70. The lowest BCUT2D eigenvalue weighted by atomic mass is 10.2. The predicted octanol–water partition coefficient (Wildman–Crippen LogP) is 3.84. The lowest BCUT2D eigenvalue weighted by molar-refractivity contribution is 0.174. The third-order valence-corrected chi connectivity index (χ3v) is 3.76. The van der Waals surface area contributed by atoms with Crippen LogP contribution in [0, 0.1) is 11.6 Å². The molecule has 26 heavy (non-hydrogen) atoms. The summed E-state index contributed by atoms with van der Waals surface area (Å²) in [7, 11) is 0. The highest BCUT2D eigenvalue weighted by atomic mass is 19.1. The number of anilines is 3. The fourth-order valence-electron chi connectivity index (χ4n) is 2.49. The molecule has 2 N–H and O–H groups in total. The van der Waals surface area contributed by atoms with Gasteiger partial charge < -0.3 is 20.1 Å². The molecule has 132 valence electrons. The van der Waals surface area contributed by atoms with E-state index in [9.17, 15) is 8.78 Å². The Hall–Kier alpha value is -3.42. The van der Waals surface area contributed by atoms with E-state index in [2.05, 4.69) is 20.6 Å². The fourth-order valence-corrected chi connectivity index (χ4v) is 2.49. The Kier molecular flexibility index (Phi) is 4.22. The maximum Gasteiger partial charge on any atom is 0.231 e. The first-order valence-electron chi connectivity index (χ1n) is 7.85. The maximum atomic E-state index is 13.7. The molecule has 1 aromatic heterocycles. The smallest absolute Gasteiger partial charge is 0.231 e. The summed E-state index contributed by atoms with van der Waals surface area (Å²) in [5.74, 6) is 0.609. The lowest BCUT2D eigenvalue weighted by Crippen LogP contribution is -2.06. The lowest BCUT2D eigenvalue weighted by Gasteiger charge is -2.10. The number of hydrogen-bond acceptors (Lipinski definition) is 6. The molecule has 1 aliphatic heterocycles. The molecule has 0 radical (unpaired) electrons. The summed E-state index contributed by atoms with van der Waals surface area (Å²) in [6, 6.07) is 10.8. The number of fused-ring (bicyclic) bond motifs is 1. The van der Waals surface area contributed by atoms with Crippen LogP contribution in [0.4, 0.5) is 26.2 Å². The number of nitrogens with one attached hydrogen (secondary N) is 2. The number of aromatic nitrogens is 2. The van der Waals surface area contributed by atoms with E-state index in [1.165, 1.54) is 30.5 Å². The van der Waals surface area contributed by atoms with Crippen LogP contribution in [-0.2, 0) is 6.54 Å². The zero-order valence-corrected chi connectivity index (χ0v) is 13.5. The number of nitrogens with zero attached hydrogens (tertiary/aromatic N) is 2. The second kappa shape index (κ2) is 6.83. The first-order valence-corrected chi connectivity index (χ1v) is 7.85. The van der Waals surface area contributed by atoms with Gasteiger partial charge in [-0.15, -0.1) is 0 Å². The second-order valence-electron chi connectivity index (χ2n) is 5.53. The Labute approximate surface area is 147 Å². The molecule has 2 heterocycles. The quantitative estimate of drug-likeness (QED) is 0.724. The number of benzene rings is 2. The van der Waals surface area contributed by atoms with Gasteiger partial charge in [-0.3, -0.25) is 0 Å². The standard InChI is InChI=1S/C18H14F2N4O2/c19-12-2-1-3-13(20)17(12)23-16-6-7-21-18(24-16)22-9-11-4-5-14-15(8-11)26-10-25-14/h1-8H,9-10H2,(H2,21,22,23,24). The molecule has 6 nitrogen and oxygen atoms in total. The molecule has 0 fully saturated rings. The van der Waals surface area contributed by atoms with E-state index in [-0.39, 0.29) is 18.3 Å². The Morgan fingerprint density at radius 1 is 1.00 bits per heavy atom. The van der Waals surface area contributed by atoms with Crippen molar-refractivity contribution in [2.45, 2.75) is 6.54 Å². The molecule has 0 bridgehead atoms. The van der Waals surface area contributed by atoms with Crippen molar-refractivity contribution in [3.8, 4) is 11.5 Å². The van der Waals surface area contributed by atoms with Gasteiger partial charge in [-0.25, -0.2) is 13.8 Å². The van der Waals surface area contributed by atoms with E-state index in [0.717, 1.165) is 5.56 Å². The maximum absolute atomic E-state index is 13.7. The average Bonchev–Trinajstić information content (AvgIpc) is 3.11. The molecule has 0 amide bonds. The topological polar surface area (TPSA) is 68.3 Å². The van der Waals surface area contributed by atoms with Crippen LogP contribution in [-0.4, -0.2) is 16.8 Å². The Balaban J connectivity index is 1.46. The summed E-state index contributed by atoms with van der Waals surface area (Å²) in [4.78, 5) is 8.32. The molecule has 3 aromatic rings. The van der Waals surface area contributed by atoms with Gasteiger partial charge in [0.1, 0.15) is 23.1 Å². The van der Waals surface area contributed by atoms with Gasteiger partial charge in [0.15, 0.2) is 11.5 Å². The van der Waals surface area contributed by atoms with Crippen molar-refractivity contribution >= 4 is 17.5 Å².